The summed E-state index contributed by atoms with van der Waals surface area (Å²) in [6, 6.07) is 1.66. The van der Waals surface area contributed by atoms with Crippen LogP contribution in [0.4, 0.5) is 5.69 Å². The number of nitrogens with two attached hydrogens (primary N) is 2. The van der Waals surface area contributed by atoms with Crippen LogP contribution < -0.4 is 11.5 Å². The largest absolute Gasteiger partial charge is 0.396 e. The third kappa shape index (κ3) is 2.25. The van der Waals surface area contributed by atoms with Gasteiger partial charge in [0.05, 0.1) is 21.4 Å². The van der Waals surface area contributed by atoms with Crippen molar-refractivity contribution in [3.8, 4) is 5.82 Å². The van der Waals surface area contributed by atoms with Gasteiger partial charge in [0.2, 0.25) is 0 Å². The zero-order chi connectivity index (χ0) is 12.6. The fourth-order valence-electron chi connectivity index (χ4n) is 1.26. The first-order valence-corrected chi connectivity index (χ1v) is 5.62. The number of carbonyl (C=O) groups excluding carboxylic acids is 1. The predicted octanol–water partition coefficient (Wildman–Crippen LogP) is 1.36. The first-order chi connectivity index (χ1) is 7.99. The van der Waals surface area contributed by atoms with Crippen LogP contribution in [0.1, 0.15) is 10.5 Å². The molecule has 0 spiro atoms. The number of carbonyl (C=O) groups is 1. The Morgan fingerprint density at radius 1 is 1.53 bits per heavy atom. The van der Waals surface area contributed by atoms with Crippen LogP contribution in [0.3, 0.4) is 0 Å². The number of rotatable bonds is 2. The van der Waals surface area contributed by atoms with Gasteiger partial charge in [-0.2, -0.15) is 5.10 Å². The summed E-state index contributed by atoms with van der Waals surface area (Å²) in [5, 5.41) is 4.43. The van der Waals surface area contributed by atoms with E-state index in [1.54, 1.807) is 6.07 Å². The van der Waals surface area contributed by atoms with E-state index < -0.39 is 5.91 Å². The number of halogens is 2. The van der Waals surface area contributed by atoms with Crippen molar-refractivity contribution < 1.29 is 4.79 Å². The molecule has 2 aromatic heterocycles. The van der Waals surface area contributed by atoms with E-state index >= 15 is 0 Å². The molecule has 2 aromatic rings. The quantitative estimate of drug-likeness (QED) is 0.873. The summed E-state index contributed by atoms with van der Waals surface area (Å²) in [5.41, 5.74) is 10.9. The summed E-state index contributed by atoms with van der Waals surface area (Å²) in [5.74, 6) is -0.222. The van der Waals surface area contributed by atoms with Gasteiger partial charge in [0.1, 0.15) is 0 Å². The normalized spacial score (nSPS) is 10.5. The molecule has 88 valence electrons. The molecule has 0 atom stereocenters. The molecule has 17 heavy (non-hydrogen) atoms. The van der Waals surface area contributed by atoms with Gasteiger partial charge in [-0.1, -0.05) is 11.6 Å². The molecule has 1 amide bonds. The maximum atomic E-state index is 11.0. The molecule has 0 saturated heterocycles. The van der Waals surface area contributed by atoms with E-state index in [1.165, 1.54) is 17.1 Å². The van der Waals surface area contributed by atoms with Crippen molar-refractivity contribution in [1.82, 2.24) is 14.8 Å². The van der Waals surface area contributed by atoms with Gasteiger partial charge in [0.25, 0.3) is 5.91 Å². The molecule has 6 nitrogen and oxygen atoms in total. The van der Waals surface area contributed by atoms with Crippen molar-refractivity contribution >= 4 is 39.1 Å². The summed E-state index contributed by atoms with van der Waals surface area (Å²) >= 11 is 9.06. The molecule has 0 unspecified atom stereocenters. The molecule has 0 fully saturated rings. The molecule has 0 radical (unpaired) electrons. The number of aromatic nitrogens is 3. The van der Waals surface area contributed by atoms with Gasteiger partial charge in [-0.25, -0.2) is 9.67 Å². The Kier molecular flexibility index (Phi) is 3.03. The van der Waals surface area contributed by atoms with Crippen molar-refractivity contribution in [2.75, 3.05) is 5.73 Å². The predicted molar refractivity (Wildman–Crippen MR) is 67.0 cm³/mol. The summed E-state index contributed by atoms with van der Waals surface area (Å²) < 4.78 is 1.99. The Labute approximate surface area is 110 Å². The van der Waals surface area contributed by atoms with Crippen molar-refractivity contribution in [1.29, 1.82) is 0 Å². The molecule has 2 rings (SSSR count). The fourth-order valence-corrected chi connectivity index (χ4v) is 2.08. The zero-order valence-electron chi connectivity index (χ0n) is 8.39. The second kappa shape index (κ2) is 4.34. The topological polar surface area (TPSA) is 99.8 Å². The second-order valence-electron chi connectivity index (χ2n) is 3.20. The number of primary amides is 1. The number of nitrogen functional groups attached to an aromatic ring is 1. The van der Waals surface area contributed by atoms with Gasteiger partial charge < -0.3 is 11.5 Å². The average Bonchev–Trinajstić information content (AvgIpc) is 2.60. The molecule has 0 aliphatic carbocycles. The number of hydrogen-bond donors (Lipinski definition) is 2. The molecule has 2 heterocycles. The Morgan fingerprint density at radius 3 is 2.76 bits per heavy atom. The number of nitrogens with zero attached hydrogens (tertiary/aromatic N) is 3. The highest BCUT2D eigenvalue weighted by Crippen LogP contribution is 2.23. The second-order valence-corrected chi connectivity index (χ2v) is 4.49. The lowest BCUT2D eigenvalue weighted by molar-refractivity contribution is 0.0996. The summed E-state index contributed by atoms with van der Waals surface area (Å²) in [7, 11) is 0. The lowest BCUT2D eigenvalue weighted by Crippen LogP contribution is -2.14. The van der Waals surface area contributed by atoms with Crippen LogP contribution in [-0.4, -0.2) is 20.7 Å². The molecular formula is C9H7BrClN5O. The van der Waals surface area contributed by atoms with E-state index in [2.05, 4.69) is 26.0 Å². The van der Waals surface area contributed by atoms with Gasteiger partial charge in [-0.3, -0.25) is 4.79 Å². The number of anilines is 1. The van der Waals surface area contributed by atoms with E-state index in [4.69, 9.17) is 23.1 Å². The van der Waals surface area contributed by atoms with Crippen LogP contribution >= 0.6 is 27.5 Å². The van der Waals surface area contributed by atoms with Crippen LogP contribution in [0.2, 0.25) is 5.02 Å². The van der Waals surface area contributed by atoms with Crippen molar-refractivity contribution in [2.45, 2.75) is 0 Å². The Morgan fingerprint density at radius 2 is 2.24 bits per heavy atom. The van der Waals surface area contributed by atoms with Crippen LogP contribution in [0, 0.1) is 0 Å². The van der Waals surface area contributed by atoms with E-state index in [-0.39, 0.29) is 11.4 Å². The van der Waals surface area contributed by atoms with Crippen molar-refractivity contribution in [3.63, 3.8) is 0 Å². The number of amides is 1. The fraction of sp³-hybridized carbons (Fsp3) is 0. The van der Waals surface area contributed by atoms with Crippen LogP contribution in [0.25, 0.3) is 5.82 Å². The number of pyridine rings is 1. The third-order valence-electron chi connectivity index (χ3n) is 1.98. The lowest BCUT2D eigenvalue weighted by Gasteiger charge is -2.02. The van der Waals surface area contributed by atoms with Crippen LogP contribution in [0.15, 0.2) is 22.9 Å². The van der Waals surface area contributed by atoms with Crippen LogP contribution in [0.5, 0.6) is 0 Å². The van der Waals surface area contributed by atoms with E-state index in [0.29, 0.717) is 15.3 Å². The molecule has 4 N–H and O–H groups in total. The molecule has 0 saturated carbocycles. The highest BCUT2D eigenvalue weighted by atomic mass is 79.9. The maximum absolute atomic E-state index is 11.0. The van der Waals surface area contributed by atoms with Gasteiger partial charge in [0.15, 0.2) is 11.5 Å². The van der Waals surface area contributed by atoms with Crippen molar-refractivity contribution in [2.24, 2.45) is 5.73 Å². The van der Waals surface area contributed by atoms with Gasteiger partial charge in [-0.15, -0.1) is 0 Å². The minimum absolute atomic E-state index is 0.00801. The smallest absolute Gasteiger partial charge is 0.271 e. The average molecular weight is 317 g/mol. The monoisotopic (exact) mass is 315 g/mol. The zero-order valence-corrected chi connectivity index (χ0v) is 10.7. The van der Waals surface area contributed by atoms with E-state index in [9.17, 15) is 4.79 Å². The summed E-state index contributed by atoms with van der Waals surface area (Å²) in [6.07, 6.45) is 2.92. The molecule has 0 aliphatic rings. The minimum atomic E-state index is -0.689. The molecule has 0 bridgehead atoms. The van der Waals surface area contributed by atoms with Gasteiger partial charge >= 0.3 is 0 Å². The summed E-state index contributed by atoms with van der Waals surface area (Å²) in [6.45, 7) is 0. The molecule has 0 aromatic carbocycles. The van der Waals surface area contributed by atoms with E-state index in [1.807, 2.05) is 0 Å². The molecule has 0 aliphatic heterocycles. The Hall–Kier alpha value is -1.60. The highest BCUT2D eigenvalue weighted by molar-refractivity contribution is 9.10. The maximum Gasteiger partial charge on any atom is 0.271 e. The Balaban J connectivity index is 2.53. The SMILES string of the molecule is NC(=O)c1nn(-c2ncc(Cl)cc2Br)cc1N. The highest BCUT2D eigenvalue weighted by Gasteiger charge is 2.14. The molecular weight excluding hydrogens is 309 g/mol. The minimum Gasteiger partial charge on any atom is -0.396 e. The van der Waals surface area contributed by atoms with Crippen LogP contribution in [-0.2, 0) is 0 Å². The number of hydrogen-bond acceptors (Lipinski definition) is 4. The first-order valence-electron chi connectivity index (χ1n) is 4.45. The molecule has 8 heteroatoms. The van der Waals surface area contributed by atoms with Gasteiger partial charge in [0, 0.05) is 6.20 Å². The first kappa shape index (κ1) is 11.9. The van der Waals surface area contributed by atoms with E-state index in [0.717, 1.165) is 0 Å². The standard InChI is InChI=1S/C9H7BrClN5O/c10-5-1-4(11)2-14-9(5)16-3-6(12)7(15-16)8(13)17/h1-3H,12H2,(H2,13,17). The summed E-state index contributed by atoms with van der Waals surface area (Å²) in [4.78, 5) is 15.1. The third-order valence-corrected chi connectivity index (χ3v) is 2.77. The Bertz CT molecular complexity index is 597. The van der Waals surface area contributed by atoms with Crippen molar-refractivity contribution in [3.05, 3.63) is 33.6 Å². The lowest BCUT2D eigenvalue weighted by atomic mass is 10.4. The van der Waals surface area contributed by atoms with Gasteiger partial charge in [-0.05, 0) is 22.0 Å².